The first-order valence-corrected chi connectivity index (χ1v) is 5.85. The number of primary sulfonamides is 1. The average molecular weight is 207 g/mol. The third kappa shape index (κ3) is 2.90. The van der Waals surface area contributed by atoms with E-state index in [4.69, 9.17) is 5.14 Å². The van der Waals surface area contributed by atoms with E-state index in [1.54, 1.807) is 16.8 Å². The highest BCUT2D eigenvalue weighted by Gasteiger charge is 2.14. The largest absolute Gasteiger partial charge is 0.387 e. The fourth-order valence-corrected chi connectivity index (χ4v) is 2.12. The van der Waals surface area contributed by atoms with Crippen molar-refractivity contribution < 1.29 is 13.5 Å². The third-order valence-electron chi connectivity index (χ3n) is 1.32. The highest BCUT2D eigenvalue weighted by Crippen LogP contribution is 2.16. The number of nitrogens with two attached hydrogens (primary N) is 1. The number of hydrogen-bond acceptors (Lipinski definition) is 4. The first-order chi connectivity index (χ1) is 5.49. The minimum atomic E-state index is -3.59. The Kier molecular flexibility index (Phi) is 2.84. The first kappa shape index (κ1) is 9.66. The number of sulfonamides is 1. The third-order valence-corrected chi connectivity index (χ3v) is 2.80. The van der Waals surface area contributed by atoms with Gasteiger partial charge >= 0.3 is 0 Å². The van der Waals surface area contributed by atoms with Gasteiger partial charge in [0, 0.05) is 0 Å². The van der Waals surface area contributed by atoms with Crippen LogP contribution in [-0.2, 0) is 10.0 Å². The summed E-state index contributed by atoms with van der Waals surface area (Å²) in [7, 11) is -3.59. The molecular formula is C6H9NO3S2. The molecule has 4 nitrogen and oxygen atoms in total. The van der Waals surface area contributed by atoms with Gasteiger partial charge in [-0.05, 0) is 22.4 Å². The Hall–Kier alpha value is -0.430. The molecule has 0 spiro atoms. The molecule has 1 heterocycles. The van der Waals surface area contributed by atoms with Crippen LogP contribution < -0.4 is 5.14 Å². The number of aliphatic hydroxyl groups is 1. The van der Waals surface area contributed by atoms with Crippen LogP contribution in [0.1, 0.15) is 11.7 Å². The van der Waals surface area contributed by atoms with Crippen LogP contribution in [0.15, 0.2) is 16.8 Å². The number of aliphatic hydroxyl groups excluding tert-OH is 1. The van der Waals surface area contributed by atoms with Crippen molar-refractivity contribution in [2.75, 3.05) is 5.75 Å². The summed E-state index contributed by atoms with van der Waals surface area (Å²) in [5.41, 5.74) is 0.592. The average Bonchev–Trinajstić information content (AvgIpc) is 2.32. The summed E-state index contributed by atoms with van der Waals surface area (Å²) in [6.07, 6.45) is -1.01. The van der Waals surface area contributed by atoms with Crippen molar-refractivity contribution in [2.24, 2.45) is 5.14 Å². The summed E-state index contributed by atoms with van der Waals surface area (Å²) in [6, 6.07) is 1.67. The van der Waals surface area contributed by atoms with Gasteiger partial charge < -0.3 is 5.11 Å². The van der Waals surface area contributed by atoms with Crippen LogP contribution in [0.2, 0.25) is 0 Å². The normalized spacial score (nSPS) is 14.5. The summed E-state index contributed by atoms with van der Waals surface area (Å²) in [5, 5.41) is 17.5. The molecule has 0 aliphatic heterocycles. The molecule has 12 heavy (non-hydrogen) atoms. The maximum atomic E-state index is 10.6. The van der Waals surface area contributed by atoms with Crippen molar-refractivity contribution in [3.63, 3.8) is 0 Å². The predicted octanol–water partition coefficient (Wildman–Crippen LogP) is 0.0700. The topological polar surface area (TPSA) is 80.4 Å². The van der Waals surface area contributed by atoms with E-state index < -0.39 is 21.9 Å². The summed E-state index contributed by atoms with van der Waals surface area (Å²) >= 11 is 1.40. The van der Waals surface area contributed by atoms with Crippen LogP contribution in [0.25, 0.3) is 0 Å². The Labute approximate surface area is 74.7 Å². The van der Waals surface area contributed by atoms with Crippen LogP contribution in [0.5, 0.6) is 0 Å². The number of thiophene rings is 1. The molecule has 1 atom stereocenters. The van der Waals surface area contributed by atoms with Gasteiger partial charge in [-0.25, -0.2) is 13.6 Å². The molecule has 6 heteroatoms. The maximum Gasteiger partial charge on any atom is 0.211 e. The molecule has 0 bridgehead atoms. The summed E-state index contributed by atoms with van der Waals surface area (Å²) in [6.45, 7) is 0. The smallest absolute Gasteiger partial charge is 0.211 e. The van der Waals surface area contributed by atoms with E-state index in [2.05, 4.69) is 0 Å². The van der Waals surface area contributed by atoms with Crippen LogP contribution in [0.3, 0.4) is 0 Å². The lowest BCUT2D eigenvalue weighted by molar-refractivity contribution is 0.202. The molecule has 0 saturated heterocycles. The Bertz CT molecular complexity index is 330. The van der Waals surface area contributed by atoms with Crippen molar-refractivity contribution >= 4 is 21.4 Å². The molecule has 3 N–H and O–H groups in total. The second-order valence-electron chi connectivity index (χ2n) is 2.40. The molecule has 0 amide bonds. The Morgan fingerprint density at radius 1 is 1.67 bits per heavy atom. The zero-order chi connectivity index (χ0) is 9.19. The monoisotopic (exact) mass is 207 g/mol. The van der Waals surface area contributed by atoms with Gasteiger partial charge in [0.25, 0.3) is 0 Å². The minimum absolute atomic E-state index is 0.427. The Morgan fingerprint density at radius 2 is 2.33 bits per heavy atom. The predicted molar refractivity (Wildman–Crippen MR) is 47.3 cm³/mol. The van der Waals surface area contributed by atoms with E-state index in [1.807, 2.05) is 0 Å². The van der Waals surface area contributed by atoms with Gasteiger partial charge in [0.2, 0.25) is 10.0 Å². The second kappa shape index (κ2) is 3.53. The molecule has 0 aromatic carbocycles. The lowest BCUT2D eigenvalue weighted by Gasteiger charge is -2.05. The SMILES string of the molecule is NS(=O)(=O)CC(O)c1ccsc1. The van der Waals surface area contributed by atoms with E-state index in [-0.39, 0.29) is 0 Å². The van der Waals surface area contributed by atoms with Gasteiger partial charge in [-0.1, -0.05) is 0 Å². The zero-order valence-electron chi connectivity index (χ0n) is 6.17. The van der Waals surface area contributed by atoms with Crippen LogP contribution in [0.4, 0.5) is 0 Å². The van der Waals surface area contributed by atoms with E-state index in [1.165, 1.54) is 11.3 Å². The number of rotatable bonds is 3. The summed E-state index contributed by atoms with van der Waals surface area (Å²) in [5.74, 6) is -0.427. The van der Waals surface area contributed by atoms with Gasteiger partial charge in [0.15, 0.2) is 0 Å². The number of hydrogen-bond donors (Lipinski definition) is 2. The molecule has 0 aliphatic rings. The molecule has 0 saturated carbocycles. The van der Waals surface area contributed by atoms with Crippen molar-refractivity contribution in [1.29, 1.82) is 0 Å². The standard InChI is InChI=1S/C6H9NO3S2/c7-12(9,10)4-6(8)5-1-2-11-3-5/h1-3,6,8H,4H2,(H2,7,9,10). The first-order valence-electron chi connectivity index (χ1n) is 3.19. The van der Waals surface area contributed by atoms with Crippen LogP contribution in [-0.4, -0.2) is 19.3 Å². The highest BCUT2D eigenvalue weighted by atomic mass is 32.2. The van der Waals surface area contributed by atoms with Gasteiger partial charge in [0.05, 0.1) is 11.9 Å². The molecule has 0 fully saturated rings. The molecule has 0 aliphatic carbocycles. The van der Waals surface area contributed by atoms with Crippen molar-refractivity contribution in [3.05, 3.63) is 22.4 Å². The Balaban J connectivity index is 2.68. The minimum Gasteiger partial charge on any atom is -0.387 e. The van der Waals surface area contributed by atoms with E-state index >= 15 is 0 Å². The molecule has 1 aromatic rings. The summed E-state index contributed by atoms with van der Waals surface area (Å²) < 4.78 is 21.1. The molecule has 68 valence electrons. The second-order valence-corrected chi connectivity index (χ2v) is 4.84. The van der Waals surface area contributed by atoms with Crippen LogP contribution in [0, 0.1) is 0 Å². The quantitative estimate of drug-likeness (QED) is 0.736. The molecule has 0 radical (unpaired) electrons. The van der Waals surface area contributed by atoms with Gasteiger partial charge in [-0.2, -0.15) is 11.3 Å². The molecular weight excluding hydrogens is 198 g/mol. The van der Waals surface area contributed by atoms with Gasteiger partial charge in [-0.15, -0.1) is 0 Å². The van der Waals surface area contributed by atoms with Gasteiger partial charge in [0.1, 0.15) is 0 Å². The van der Waals surface area contributed by atoms with Crippen molar-refractivity contribution in [2.45, 2.75) is 6.10 Å². The van der Waals surface area contributed by atoms with Crippen molar-refractivity contribution in [1.82, 2.24) is 0 Å². The molecule has 1 rings (SSSR count). The molecule has 1 aromatic heterocycles. The van der Waals surface area contributed by atoms with Crippen LogP contribution >= 0.6 is 11.3 Å². The molecule has 1 unspecified atom stereocenters. The lowest BCUT2D eigenvalue weighted by atomic mass is 10.2. The Morgan fingerprint density at radius 3 is 2.75 bits per heavy atom. The fraction of sp³-hybridized carbons (Fsp3) is 0.333. The maximum absolute atomic E-state index is 10.6. The highest BCUT2D eigenvalue weighted by molar-refractivity contribution is 7.89. The fourth-order valence-electron chi connectivity index (χ4n) is 0.781. The van der Waals surface area contributed by atoms with E-state index in [0.717, 1.165) is 0 Å². The van der Waals surface area contributed by atoms with Crippen molar-refractivity contribution in [3.8, 4) is 0 Å². The van der Waals surface area contributed by atoms with E-state index in [0.29, 0.717) is 5.56 Å². The zero-order valence-corrected chi connectivity index (χ0v) is 7.81. The summed E-state index contributed by atoms with van der Waals surface area (Å²) in [4.78, 5) is 0. The van der Waals surface area contributed by atoms with E-state index in [9.17, 15) is 13.5 Å². The lowest BCUT2D eigenvalue weighted by Crippen LogP contribution is -2.21. The van der Waals surface area contributed by atoms with Gasteiger partial charge in [-0.3, -0.25) is 0 Å².